The van der Waals surface area contributed by atoms with Crippen LogP contribution in [0.4, 0.5) is 0 Å². The molecule has 18 heavy (non-hydrogen) atoms. The van der Waals surface area contributed by atoms with Crippen molar-refractivity contribution in [3.05, 3.63) is 41.3 Å². The van der Waals surface area contributed by atoms with Crippen molar-refractivity contribution in [2.45, 2.75) is 19.3 Å². The summed E-state index contributed by atoms with van der Waals surface area (Å²) >= 11 is 1.60. The number of carbonyl (C=O) groups is 1. The Bertz CT molecular complexity index is 542. The van der Waals surface area contributed by atoms with Crippen molar-refractivity contribution in [2.24, 2.45) is 0 Å². The van der Waals surface area contributed by atoms with E-state index in [1.807, 2.05) is 31.2 Å². The number of phenols is 1. The lowest BCUT2D eigenvalue weighted by atomic mass is 10.1. The molecule has 1 aromatic heterocycles. The molecule has 2 N–H and O–H groups in total. The first-order valence-electron chi connectivity index (χ1n) is 5.67. The summed E-state index contributed by atoms with van der Waals surface area (Å²) in [4.78, 5) is 12.8. The van der Waals surface area contributed by atoms with Gasteiger partial charge in [0.2, 0.25) is 0 Å². The van der Waals surface area contributed by atoms with Gasteiger partial charge in [0.1, 0.15) is 5.75 Å². The summed E-state index contributed by atoms with van der Waals surface area (Å²) in [5.41, 5.74) is 1.03. The summed E-state index contributed by atoms with van der Waals surface area (Å²) < 4.78 is 0. The quantitative estimate of drug-likeness (QED) is 0.883. The number of rotatable bonds is 4. The number of aliphatic carboxylic acids is 1. The number of aromatic hydroxyl groups is 1. The molecule has 0 aliphatic carbocycles. The van der Waals surface area contributed by atoms with Gasteiger partial charge in [0.15, 0.2) is 0 Å². The lowest BCUT2D eigenvalue weighted by Crippen LogP contribution is -2.00. The lowest BCUT2D eigenvalue weighted by molar-refractivity contribution is -0.137. The summed E-state index contributed by atoms with van der Waals surface area (Å²) in [6.07, 6.45) is 0.148. The Balaban J connectivity index is 2.19. The zero-order valence-electron chi connectivity index (χ0n) is 9.96. The summed E-state index contributed by atoms with van der Waals surface area (Å²) in [5, 5.41) is 18.0. The van der Waals surface area contributed by atoms with Crippen LogP contribution in [-0.2, 0) is 4.79 Å². The van der Waals surface area contributed by atoms with Crippen molar-refractivity contribution in [2.75, 3.05) is 0 Å². The fourth-order valence-electron chi connectivity index (χ4n) is 1.76. The van der Waals surface area contributed by atoms with Crippen molar-refractivity contribution in [3.63, 3.8) is 0 Å². The fraction of sp³-hybridized carbons (Fsp3) is 0.214. The molecular formula is C14H14O3S. The highest BCUT2D eigenvalue weighted by Crippen LogP contribution is 2.33. The zero-order valence-corrected chi connectivity index (χ0v) is 10.8. The van der Waals surface area contributed by atoms with Crippen LogP contribution in [0.5, 0.6) is 5.75 Å². The molecule has 2 rings (SSSR count). The minimum Gasteiger partial charge on any atom is -0.508 e. The molecule has 94 valence electrons. The van der Waals surface area contributed by atoms with Crippen LogP contribution in [0.25, 0.3) is 10.4 Å². The maximum atomic E-state index is 10.7. The van der Waals surface area contributed by atoms with E-state index in [1.165, 1.54) is 0 Å². The molecule has 0 fully saturated rings. The van der Waals surface area contributed by atoms with Gasteiger partial charge in [-0.05, 0) is 42.0 Å². The van der Waals surface area contributed by atoms with Crippen LogP contribution in [0.3, 0.4) is 0 Å². The molecule has 0 saturated heterocycles. The fourth-order valence-corrected chi connectivity index (χ4v) is 2.83. The molecule has 4 heteroatoms. The van der Waals surface area contributed by atoms with Crippen molar-refractivity contribution in [1.29, 1.82) is 0 Å². The molecule has 1 atom stereocenters. The Morgan fingerprint density at radius 2 is 1.89 bits per heavy atom. The van der Waals surface area contributed by atoms with Gasteiger partial charge in [0, 0.05) is 15.7 Å². The van der Waals surface area contributed by atoms with Crippen LogP contribution in [-0.4, -0.2) is 16.2 Å². The van der Waals surface area contributed by atoms with Crippen LogP contribution in [0.2, 0.25) is 0 Å². The molecule has 2 aromatic rings. The van der Waals surface area contributed by atoms with E-state index in [0.717, 1.165) is 15.3 Å². The van der Waals surface area contributed by atoms with Crippen LogP contribution in [0.15, 0.2) is 36.4 Å². The highest BCUT2D eigenvalue weighted by atomic mass is 32.1. The number of carboxylic acid groups (broad SMARTS) is 1. The van der Waals surface area contributed by atoms with Crippen LogP contribution in [0, 0.1) is 0 Å². The van der Waals surface area contributed by atoms with Gasteiger partial charge in [-0.1, -0.05) is 6.92 Å². The highest BCUT2D eigenvalue weighted by molar-refractivity contribution is 7.15. The van der Waals surface area contributed by atoms with E-state index < -0.39 is 5.97 Å². The first-order valence-corrected chi connectivity index (χ1v) is 6.49. The third-order valence-electron chi connectivity index (χ3n) is 2.75. The SMILES string of the molecule is CC(CC(=O)O)c1ccc(-c2ccc(O)cc2)s1. The smallest absolute Gasteiger partial charge is 0.303 e. The second-order valence-electron chi connectivity index (χ2n) is 4.25. The van der Waals surface area contributed by atoms with Gasteiger partial charge in [-0.15, -0.1) is 11.3 Å². The van der Waals surface area contributed by atoms with Gasteiger partial charge in [-0.25, -0.2) is 0 Å². The molecule has 1 heterocycles. The Morgan fingerprint density at radius 1 is 1.22 bits per heavy atom. The molecule has 0 aliphatic rings. The molecule has 3 nitrogen and oxygen atoms in total. The topological polar surface area (TPSA) is 57.5 Å². The molecule has 1 aromatic carbocycles. The van der Waals surface area contributed by atoms with Crippen LogP contribution >= 0.6 is 11.3 Å². The second kappa shape index (κ2) is 5.23. The van der Waals surface area contributed by atoms with Gasteiger partial charge in [-0.3, -0.25) is 4.79 Å². The van der Waals surface area contributed by atoms with Crippen molar-refractivity contribution in [1.82, 2.24) is 0 Å². The predicted octanol–water partition coefficient (Wildman–Crippen LogP) is 3.70. The molecule has 0 radical (unpaired) electrons. The summed E-state index contributed by atoms with van der Waals surface area (Å²) in [7, 11) is 0. The standard InChI is InChI=1S/C14H14O3S/c1-9(8-14(16)17)12-6-7-13(18-12)10-2-4-11(15)5-3-10/h2-7,9,15H,8H2,1H3,(H,16,17). The van der Waals surface area contributed by atoms with E-state index in [0.29, 0.717) is 0 Å². The average Bonchev–Trinajstić information content (AvgIpc) is 2.78. The van der Waals surface area contributed by atoms with Crippen LogP contribution in [0.1, 0.15) is 24.1 Å². The Hall–Kier alpha value is -1.81. The Labute approximate surface area is 109 Å². The van der Waals surface area contributed by atoms with E-state index in [1.54, 1.807) is 23.5 Å². The average molecular weight is 262 g/mol. The number of hydrogen-bond acceptors (Lipinski definition) is 3. The largest absolute Gasteiger partial charge is 0.508 e. The molecule has 0 spiro atoms. The van der Waals surface area contributed by atoms with E-state index in [4.69, 9.17) is 5.11 Å². The summed E-state index contributed by atoms with van der Waals surface area (Å²) in [6.45, 7) is 1.92. The van der Waals surface area contributed by atoms with Gasteiger partial charge >= 0.3 is 5.97 Å². The molecule has 0 bridgehead atoms. The third-order valence-corrected chi connectivity index (χ3v) is 4.11. The predicted molar refractivity (Wildman–Crippen MR) is 72.1 cm³/mol. The Morgan fingerprint density at radius 3 is 2.50 bits per heavy atom. The van der Waals surface area contributed by atoms with Crippen molar-refractivity contribution in [3.8, 4) is 16.2 Å². The zero-order chi connectivity index (χ0) is 13.1. The molecule has 1 unspecified atom stereocenters. The molecule has 0 amide bonds. The number of benzene rings is 1. The first-order chi connectivity index (χ1) is 8.56. The molecule has 0 aliphatic heterocycles. The number of hydrogen-bond donors (Lipinski definition) is 2. The molecule has 0 saturated carbocycles. The maximum absolute atomic E-state index is 10.7. The van der Waals surface area contributed by atoms with Gasteiger partial charge in [-0.2, -0.15) is 0 Å². The van der Waals surface area contributed by atoms with E-state index >= 15 is 0 Å². The highest BCUT2D eigenvalue weighted by Gasteiger charge is 2.13. The minimum atomic E-state index is -0.776. The lowest BCUT2D eigenvalue weighted by Gasteiger charge is -2.04. The summed E-state index contributed by atoms with van der Waals surface area (Å²) in [6, 6.07) is 11.0. The normalized spacial score (nSPS) is 12.3. The maximum Gasteiger partial charge on any atom is 0.303 e. The second-order valence-corrected chi connectivity index (χ2v) is 5.36. The third kappa shape index (κ3) is 2.90. The minimum absolute atomic E-state index is 0.0263. The first kappa shape index (κ1) is 12.6. The molecular weight excluding hydrogens is 248 g/mol. The number of phenolic OH excluding ortho intramolecular Hbond substituents is 1. The van der Waals surface area contributed by atoms with Gasteiger partial charge < -0.3 is 10.2 Å². The number of carboxylic acids is 1. The monoisotopic (exact) mass is 262 g/mol. The van der Waals surface area contributed by atoms with Gasteiger partial charge in [0.25, 0.3) is 0 Å². The summed E-state index contributed by atoms with van der Waals surface area (Å²) in [5.74, 6) is -0.504. The van der Waals surface area contributed by atoms with E-state index in [2.05, 4.69) is 0 Å². The van der Waals surface area contributed by atoms with E-state index in [9.17, 15) is 9.90 Å². The van der Waals surface area contributed by atoms with Crippen molar-refractivity contribution < 1.29 is 15.0 Å². The van der Waals surface area contributed by atoms with Gasteiger partial charge in [0.05, 0.1) is 6.42 Å². The van der Waals surface area contributed by atoms with Crippen LogP contribution < -0.4 is 0 Å². The van der Waals surface area contributed by atoms with Crippen molar-refractivity contribution >= 4 is 17.3 Å². The Kier molecular flexibility index (Phi) is 3.67. The van der Waals surface area contributed by atoms with E-state index in [-0.39, 0.29) is 18.1 Å². The number of thiophene rings is 1.